The van der Waals surface area contributed by atoms with Gasteiger partial charge in [-0.2, -0.15) is 0 Å². The van der Waals surface area contributed by atoms with E-state index in [-0.39, 0.29) is 20.9 Å². The van der Waals surface area contributed by atoms with E-state index in [1.807, 2.05) is 0 Å². The second-order valence-corrected chi connectivity index (χ2v) is 8.44. The average molecular weight is 335 g/mol. The first-order chi connectivity index (χ1) is 9.63. The van der Waals surface area contributed by atoms with Gasteiger partial charge >= 0.3 is 5.69 Å². The molecule has 7 nitrogen and oxygen atoms in total. The molecule has 1 atom stereocenters. The number of hydrogen-bond donors (Lipinski definition) is 2. The lowest BCUT2D eigenvalue weighted by Crippen LogP contribution is -2.32. The Labute approximate surface area is 128 Å². The molecule has 1 heterocycles. The van der Waals surface area contributed by atoms with Crippen LogP contribution < -0.4 is 10.5 Å². The van der Waals surface area contributed by atoms with E-state index in [9.17, 15) is 18.5 Å². The summed E-state index contributed by atoms with van der Waals surface area (Å²) in [5.74, 6) is 0.577. The number of rotatable bonds is 8. The first-order valence-electron chi connectivity index (χ1n) is 6.69. The SMILES string of the molecule is CC(C)CCCC(C)NS(=O)(=O)c1cc([N+](=O)[O-])c(N)s1. The summed E-state index contributed by atoms with van der Waals surface area (Å²) in [6.45, 7) is 6.01. The van der Waals surface area contributed by atoms with Crippen molar-refractivity contribution in [2.75, 3.05) is 5.73 Å². The van der Waals surface area contributed by atoms with Gasteiger partial charge in [-0.3, -0.25) is 10.1 Å². The van der Waals surface area contributed by atoms with E-state index in [1.54, 1.807) is 6.92 Å². The zero-order valence-electron chi connectivity index (χ0n) is 12.3. The van der Waals surface area contributed by atoms with Crippen molar-refractivity contribution in [3.05, 3.63) is 16.2 Å². The van der Waals surface area contributed by atoms with E-state index in [0.717, 1.165) is 25.3 Å². The van der Waals surface area contributed by atoms with Gasteiger partial charge in [-0.15, -0.1) is 0 Å². The molecule has 120 valence electrons. The lowest BCUT2D eigenvalue weighted by atomic mass is 10.0. The number of nitrogens with zero attached hydrogens (tertiary/aromatic N) is 1. The van der Waals surface area contributed by atoms with Gasteiger partial charge < -0.3 is 5.73 Å². The molecule has 0 aromatic carbocycles. The Balaban J connectivity index is 2.73. The first-order valence-corrected chi connectivity index (χ1v) is 8.99. The fraction of sp³-hybridized carbons (Fsp3) is 0.667. The van der Waals surface area contributed by atoms with Gasteiger partial charge in [-0.1, -0.05) is 38.0 Å². The van der Waals surface area contributed by atoms with Gasteiger partial charge in [0.05, 0.1) is 4.92 Å². The van der Waals surface area contributed by atoms with Crippen molar-refractivity contribution in [2.45, 2.75) is 50.3 Å². The summed E-state index contributed by atoms with van der Waals surface area (Å²) in [6, 6.07) is 0.777. The number of hydrogen-bond acceptors (Lipinski definition) is 6. The zero-order valence-corrected chi connectivity index (χ0v) is 14.0. The fourth-order valence-electron chi connectivity index (χ4n) is 1.86. The van der Waals surface area contributed by atoms with Crippen LogP contribution in [0.3, 0.4) is 0 Å². The van der Waals surface area contributed by atoms with Crippen molar-refractivity contribution in [3.8, 4) is 0 Å². The largest absolute Gasteiger partial charge is 0.385 e. The van der Waals surface area contributed by atoms with E-state index in [2.05, 4.69) is 18.6 Å². The smallest absolute Gasteiger partial charge is 0.304 e. The molecule has 0 amide bonds. The molecule has 1 unspecified atom stereocenters. The van der Waals surface area contributed by atoms with E-state index < -0.39 is 14.9 Å². The highest BCUT2D eigenvalue weighted by Crippen LogP contribution is 2.34. The van der Waals surface area contributed by atoms with Gasteiger partial charge in [0, 0.05) is 12.1 Å². The molecule has 0 bridgehead atoms. The number of anilines is 1. The van der Waals surface area contributed by atoms with Gasteiger partial charge in [-0.25, -0.2) is 13.1 Å². The highest BCUT2D eigenvalue weighted by Gasteiger charge is 2.25. The van der Waals surface area contributed by atoms with Crippen molar-refractivity contribution in [1.29, 1.82) is 0 Å². The third-order valence-electron chi connectivity index (χ3n) is 2.95. The Morgan fingerprint density at radius 2 is 2.00 bits per heavy atom. The summed E-state index contributed by atoms with van der Waals surface area (Å²) in [4.78, 5) is 10.0. The summed E-state index contributed by atoms with van der Waals surface area (Å²) < 4.78 is 26.7. The maximum absolute atomic E-state index is 12.1. The summed E-state index contributed by atoms with van der Waals surface area (Å²) >= 11 is 0.706. The van der Waals surface area contributed by atoms with Gasteiger partial charge in [0.25, 0.3) is 10.0 Å². The van der Waals surface area contributed by atoms with E-state index >= 15 is 0 Å². The van der Waals surface area contributed by atoms with Gasteiger partial charge in [0.1, 0.15) is 4.21 Å². The van der Waals surface area contributed by atoms with Gasteiger partial charge in [-0.05, 0) is 19.3 Å². The lowest BCUT2D eigenvalue weighted by molar-refractivity contribution is -0.383. The number of nitrogens with two attached hydrogens (primary N) is 1. The molecule has 1 rings (SSSR count). The molecule has 0 aliphatic carbocycles. The fourth-order valence-corrected chi connectivity index (χ4v) is 4.37. The molecule has 21 heavy (non-hydrogen) atoms. The molecule has 0 spiro atoms. The Morgan fingerprint density at radius 3 is 2.48 bits per heavy atom. The molecular formula is C12H21N3O4S2. The minimum absolute atomic E-state index is 0.104. The normalized spacial score (nSPS) is 13.5. The number of sulfonamides is 1. The van der Waals surface area contributed by atoms with Crippen molar-refractivity contribution < 1.29 is 13.3 Å². The van der Waals surface area contributed by atoms with Crippen LogP contribution in [0.5, 0.6) is 0 Å². The molecule has 0 saturated heterocycles. The molecule has 9 heteroatoms. The van der Waals surface area contributed by atoms with Crippen molar-refractivity contribution >= 4 is 32.0 Å². The van der Waals surface area contributed by atoms with Crippen LogP contribution in [0.15, 0.2) is 10.3 Å². The topological polar surface area (TPSA) is 115 Å². The molecule has 1 aromatic rings. The summed E-state index contributed by atoms with van der Waals surface area (Å²) in [7, 11) is -3.76. The third-order valence-corrected chi connectivity index (χ3v) is 5.97. The highest BCUT2D eigenvalue weighted by atomic mass is 32.2. The molecule has 1 aromatic heterocycles. The monoisotopic (exact) mass is 335 g/mol. The van der Waals surface area contributed by atoms with Gasteiger partial charge in [0.15, 0.2) is 5.00 Å². The Bertz CT molecular complexity index is 596. The minimum Gasteiger partial charge on any atom is -0.385 e. The number of nitro groups is 1. The van der Waals surface area contributed by atoms with Crippen LogP contribution in [-0.4, -0.2) is 19.4 Å². The van der Waals surface area contributed by atoms with Gasteiger partial charge in [0.2, 0.25) is 0 Å². The van der Waals surface area contributed by atoms with Crippen molar-refractivity contribution in [3.63, 3.8) is 0 Å². The van der Waals surface area contributed by atoms with Crippen molar-refractivity contribution in [1.82, 2.24) is 4.72 Å². The van der Waals surface area contributed by atoms with E-state index in [0.29, 0.717) is 17.3 Å². The Hall–Kier alpha value is -1.19. The second-order valence-electron chi connectivity index (χ2n) is 5.42. The number of nitrogens with one attached hydrogen (secondary N) is 1. The second kappa shape index (κ2) is 7.19. The maximum atomic E-state index is 12.1. The molecule has 0 saturated carbocycles. The number of nitrogen functional groups attached to an aromatic ring is 1. The van der Waals surface area contributed by atoms with Crippen LogP contribution in [0.25, 0.3) is 0 Å². The predicted octanol–water partition coefficient (Wildman–Crippen LogP) is 2.73. The Kier molecular flexibility index (Phi) is 6.11. The van der Waals surface area contributed by atoms with Crippen LogP contribution >= 0.6 is 11.3 Å². The summed E-state index contributed by atoms with van der Waals surface area (Å²) in [5.41, 5.74) is 5.10. The average Bonchev–Trinajstić information content (AvgIpc) is 2.70. The lowest BCUT2D eigenvalue weighted by Gasteiger charge is -2.13. The molecule has 0 radical (unpaired) electrons. The van der Waals surface area contributed by atoms with E-state index in [4.69, 9.17) is 5.73 Å². The van der Waals surface area contributed by atoms with Crippen LogP contribution in [-0.2, 0) is 10.0 Å². The van der Waals surface area contributed by atoms with Crippen LogP contribution in [0.4, 0.5) is 10.7 Å². The van der Waals surface area contributed by atoms with E-state index in [1.165, 1.54) is 0 Å². The first kappa shape index (κ1) is 17.9. The maximum Gasteiger partial charge on any atom is 0.304 e. The standard InChI is InChI=1S/C12H21N3O4S2/c1-8(2)5-4-6-9(3)14-21(18,19)11-7-10(15(16)17)12(13)20-11/h7-9,14H,4-6,13H2,1-3H3. The molecular weight excluding hydrogens is 314 g/mol. The zero-order chi connectivity index (χ0) is 16.2. The Morgan fingerprint density at radius 1 is 1.38 bits per heavy atom. The highest BCUT2D eigenvalue weighted by molar-refractivity contribution is 7.91. The molecule has 3 N–H and O–H groups in total. The predicted molar refractivity (Wildman–Crippen MR) is 83.9 cm³/mol. The molecule has 0 aliphatic rings. The summed E-state index contributed by atoms with van der Waals surface area (Å²) in [6.07, 6.45) is 2.68. The third kappa shape index (κ3) is 5.25. The molecule has 0 fully saturated rings. The van der Waals surface area contributed by atoms with Crippen LogP contribution in [0.2, 0.25) is 0 Å². The van der Waals surface area contributed by atoms with Crippen molar-refractivity contribution in [2.24, 2.45) is 5.92 Å². The quantitative estimate of drug-likeness (QED) is 0.560. The number of thiophene rings is 1. The van der Waals surface area contributed by atoms with Crippen LogP contribution in [0, 0.1) is 16.0 Å². The minimum atomic E-state index is -3.76. The molecule has 0 aliphatic heterocycles. The summed E-state index contributed by atoms with van der Waals surface area (Å²) in [5, 5.41) is 10.6. The van der Waals surface area contributed by atoms with Crippen LogP contribution in [0.1, 0.15) is 40.0 Å².